The number of anilines is 1. The first-order valence-corrected chi connectivity index (χ1v) is 12.0. The highest BCUT2D eigenvalue weighted by molar-refractivity contribution is 6.27. The first kappa shape index (κ1) is 22.3. The van der Waals surface area contributed by atoms with Crippen molar-refractivity contribution in [1.82, 2.24) is 10.0 Å². The fraction of sp³-hybridized carbons (Fsp3) is 0.103. The Morgan fingerprint density at radius 1 is 0.684 bits per heavy atom. The molecule has 9 heteroatoms. The van der Waals surface area contributed by atoms with Crippen LogP contribution in [0.25, 0.3) is 10.8 Å². The number of halogens is 1. The van der Waals surface area contributed by atoms with Gasteiger partial charge < -0.3 is 0 Å². The van der Waals surface area contributed by atoms with Crippen molar-refractivity contribution < 1.29 is 28.4 Å². The van der Waals surface area contributed by atoms with Crippen LogP contribution >= 0.6 is 0 Å². The van der Waals surface area contributed by atoms with E-state index >= 15 is 0 Å². The van der Waals surface area contributed by atoms with E-state index in [1.807, 2.05) is 6.07 Å². The highest BCUT2D eigenvalue weighted by Crippen LogP contribution is 2.47. The first-order valence-electron chi connectivity index (χ1n) is 12.0. The Morgan fingerprint density at radius 2 is 1.34 bits per heavy atom. The number of fused-ring (bicyclic) bond motifs is 1. The summed E-state index contributed by atoms with van der Waals surface area (Å²) >= 11 is 0. The van der Waals surface area contributed by atoms with Gasteiger partial charge in [-0.3, -0.25) is 24.0 Å². The van der Waals surface area contributed by atoms with E-state index in [0.29, 0.717) is 32.0 Å². The van der Waals surface area contributed by atoms with Gasteiger partial charge in [-0.15, -0.1) is 0 Å². The molecule has 0 unspecified atom stereocenters. The summed E-state index contributed by atoms with van der Waals surface area (Å²) in [6.07, 6.45) is -1.32. The number of rotatable bonds is 3. The SMILES string of the molecule is O=C1c2cccc3cccc(c23)C(=O)N1N1C(=O)[C@H]2[C@H](ON(c3ccccc3)[C@H]2c2cccc(F)c2)C1=O. The molecule has 0 aliphatic carbocycles. The van der Waals surface area contributed by atoms with Crippen LogP contribution in [0.2, 0.25) is 0 Å². The average Bonchev–Trinajstić information content (AvgIpc) is 3.44. The standard InChI is InChI=1S/C29H18FN3O5/c30-18-10-4-9-17(15-18)24-23-25(38-33(24)19-11-2-1-3-12-19)29(37)32(28(23)36)31-26(34)20-13-5-7-16-8-6-14-21(22(16)20)27(31)35/h1-15,23-25H/t23-,24+,25+/m1/s1. The van der Waals surface area contributed by atoms with Crippen LogP contribution in [0, 0.1) is 11.7 Å². The van der Waals surface area contributed by atoms with Gasteiger partial charge in [0, 0.05) is 5.39 Å². The normalized spacial score (nSPS) is 22.6. The van der Waals surface area contributed by atoms with Crippen LogP contribution in [-0.2, 0) is 14.4 Å². The van der Waals surface area contributed by atoms with Gasteiger partial charge in [0.2, 0.25) is 0 Å². The van der Waals surface area contributed by atoms with Crippen molar-refractivity contribution in [3.05, 3.63) is 114 Å². The lowest BCUT2D eigenvalue weighted by Gasteiger charge is -2.34. The Balaban J connectivity index is 1.33. The number of hydrogen-bond acceptors (Lipinski definition) is 6. The third-order valence-electron chi connectivity index (χ3n) is 7.24. The minimum Gasteiger partial charge on any atom is -0.272 e. The van der Waals surface area contributed by atoms with E-state index in [0.717, 1.165) is 0 Å². The predicted molar refractivity (Wildman–Crippen MR) is 133 cm³/mol. The predicted octanol–water partition coefficient (Wildman–Crippen LogP) is 4.04. The lowest BCUT2D eigenvalue weighted by molar-refractivity contribution is -0.154. The van der Waals surface area contributed by atoms with Crippen molar-refractivity contribution in [3.8, 4) is 0 Å². The summed E-state index contributed by atoms with van der Waals surface area (Å²) in [4.78, 5) is 60.8. The van der Waals surface area contributed by atoms with Crippen LogP contribution in [0.1, 0.15) is 32.3 Å². The van der Waals surface area contributed by atoms with E-state index in [1.165, 1.54) is 23.3 Å². The summed E-state index contributed by atoms with van der Waals surface area (Å²) in [6, 6.07) is 23.7. The second kappa shape index (κ2) is 8.06. The number of hydroxylamine groups is 1. The summed E-state index contributed by atoms with van der Waals surface area (Å²) in [6.45, 7) is 0. The second-order valence-corrected chi connectivity index (χ2v) is 9.33. The number of hydrazine groups is 1. The molecule has 3 aliphatic heterocycles. The molecule has 4 aromatic carbocycles. The molecule has 0 aromatic heterocycles. The highest BCUT2D eigenvalue weighted by Gasteiger charge is 2.63. The molecule has 4 amide bonds. The van der Waals surface area contributed by atoms with E-state index < -0.39 is 47.5 Å². The number of imide groups is 2. The van der Waals surface area contributed by atoms with Crippen LogP contribution in [-0.4, -0.2) is 39.8 Å². The van der Waals surface area contributed by atoms with Crippen molar-refractivity contribution in [2.24, 2.45) is 5.92 Å². The monoisotopic (exact) mass is 507 g/mol. The summed E-state index contributed by atoms with van der Waals surface area (Å²) in [5.41, 5.74) is 1.40. The number of benzene rings is 4. The van der Waals surface area contributed by atoms with Crippen LogP contribution in [0.4, 0.5) is 10.1 Å². The smallest absolute Gasteiger partial charge is 0.272 e. The second-order valence-electron chi connectivity index (χ2n) is 9.33. The molecule has 38 heavy (non-hydrogen) atoms. The van der Waals surface area contributed by atoms with Crippen molar-refractivity contribution in [2.75, 3.05) is 5.06 Å². The Labute approximate surface area is 215 Å². The lowest BCUT2D eigenvalue weighted by Crippen LogP contribution is -2.55. The number of para-hydroxylation sites is 1. The Hall–Kier alpha value is -4.89. The van der Waals surface area contributed by atoms with E-state index in [-0.39, 0.29) is 11.1 Å². The molecule has 2 saturated heterocycles. The molecule has 3 aliphatic rings. The van der Waals surface area contributed by atoms with Crippen LogP contribution < -0.4 is 5.06 Å². The Kier molecular flexibility index (Phi) is 4.73. The summed E-state index contributed by atoms with van der Waals surface area (Å²) in [5.74, 6) is -4.81. The molecule has 3 atom stereocenters. The number of hydrogen-bond donors (Lipinski definition) is 0. The summed E-state index contributed by atoms with van der Waals surface area (Å²) in [7, 11) is 0. The number of nitrogens with zero attached hydrogens (tertiary/aromatic N) is 3. The van der Waals surface area contributed by atoms with E-state index in [9.17, 15) is 23.6 Å². The van der Waals surface area contributed by atoms with Crippen LogP contribution in [0.3, 0.4) is 0 Å². The van der Waals surface area contributed by atoms with Crippen molar-refractivity contribution >= 4 is 40.1 Å². The zero-order valence-electron chi connectivity index (χ0n) is 19.7. The maximum absolute atomic E-state index is 14.3. The molecule has 3 heterocycles. The molecule has 7 rings (SSSR count). The maximum atomic E-state index is 14.3. The van der Waals surface area contributed by atoms with Crippen LogP contribution in [0.15, 0.2) is 91.0 Å². The molecule has 0 radical (unpaired) electrons. The van der Waals surface area contributed by atoms with E-state index in [2.05, 4.69) is 0 Å². The summed E-state index contributed by atoms with van der Waals surface area (Å²) < 4.78 is 14.3. The molecular formula is C29H18FN3O5. The van der Waals surface area contributed by atoms with Crippen LogP contribution in [0.5, 0.6) is 0 Å². The minimum atomic E-state index is -1.32. The van der Waals surface area contributed by atoms with Gasteiger partial charge in [-0.1, -0.05) is 54.6 Å². The Bertz CT molecular complexity index is 1640. The average molecular weight is 507 g/mol. The van der Waals surface area contributed by atoms with E-state index in [4.69, 9.17) is 4.84 Å². The molecule has 4 aromatic rings. The van der Waals surface area contributed by atoms with Gasteiger partial charge >= 0.3 is 0 Å². The van der Waals surface area contributed by atoms with Gasteiger partial charge in [0.1, 0.15) is 11.7 Å². The van der Waals surface area contributed by atoms with Gasteiger partial charge in [0.15, 0.2) is 6.10 Å². The topological polar surface area (TPSA) is 87.2 Å². The summed E-state index contributed by atoms with van der Waals surface area (Å²) in [5, 5.41) is 3.81. The number of amides is 4. The zero-order valence-corrected chi connectivity index (χ0v) is 19.7. The molecule has 0 saturated carbocycles. The number of carbonyl (C=O) groups excluding carboxylic acids is 4. The third-order valence-corrected chi connectivity index (χ3v) is 7.24. The first-order chi connectivity index (χ1) is 18.5. The van der Waals surface area contributed by atoms with Crippen molar-refractivity contribution in [3.63, 3.8) is 0 Å². The number of carbonyl (C=O) groups is 4. The molecule has 0 N–H and O–H groups in total. The van der Waals surface area contributed by atoms with Crippen molar-refractivity contribution in [1.29, 1.82) is 0 Å². The van der Waals surface area contributed by atoms with E-state index in [1.54, 1.807) is 66.7 Å². The molecule has 0 spiro atoms. The van der Waals surface area contributed by atoms with Gasteiger partial charge in [-0.25, -0.2) is 9.45 Å². The molecule has 2 fully saturated rings. The Morgan fingerprint density at radius 3 is 2.00 bits per heavy atom. The van der Waals surface area contributed by atoms with Gasteiger partial charge in [0.05, 0.1) is 22.9 Å². The molecule has 0 bridgehead atoms. The molecule has 186 valence electrons. The fourth-order valence-electron chi connectivity index (χ4n) is 5.62. The maximum Gasteiger partial charge on any atom is 0.281 e. The van der Waals surface area contributed by atoms with Crippen molar-refractivity contribution in [2.45, 2.75) is 12.1 Å². The lowest BCUT2D eigenvalue weighted by atomic mass is 9.90. The molecule has 8 nitrogen and oxygen atoms in total. The highest BCUT2D eigenvalue weighted by atomic mass is 19.1. The molecular weight excluding hydrogens is 489 g/mol. The van der Waals surface area contributed by atoms with Gasteiger partial charge in [0.25, 0.3) is 23.6 Å². The fourth-order valence-corrected chi connectivity index (χ4v) is 5.62. The quantitative estimate of drug-likeness (QED) is 0.389. The van der Waals surface area contributed by atoms with Gasteiger partial charge in [-0.2, -0.15) is 10.0 Å². The van der Waals surface area contributed by atoms with Gasteiger partial charge in [-0.05, 0) is 47.3 Å². The zero-order chi connectivity index (χ0) is 26.1. The largest absolute Gasteiger partial charge is 0.281 e. The minimum absolute atomic E-state index is 0.212. The third kappa shape index (κ3) is 2.99.